The van der Waals surface area contributed by atoms with E-state index in [0.717, 1.165) is 51.5 Å². The fraction of sp³-hybridized carbons (Fsp3) is 0.550. The number of hydrogen-bond acceptors (Lipinski definition) is 2. The molecule has 1 aromatic rings. The molecule has 2 unspecified atom stereocenters. The summed E-state index contributed by atoms with van der Waals surface area (Å²) in [6.45, 7) is 9.39. The van der Waals surface area contributed by atoms with Crippen molar-refractivity contribution >= 4 is 29.9 Å². The van der Waals surface area contributed by atoms with E-state index in [1.54, 1.807) is 0 Å². The van der Waals surface area contributed by atoms with Crippen LogP contribution in [0, 0.1) is 5.92 Å². The van der Waals surface area contributed by atoms with Crippen LogP contribution in [0.15, 0.2) is 48.0 Å². The lowest BCUT2D eigenvalue weighted by atomic mass is 9.95. The number of nitrogens with one attached hydrogen (secondary N) is 1. The molecule has 2 atom stereocenters. The minimum absolute atomic E-state index is 0. The minimum Gasteiger partial charge on any atom is -0.373 e. The van der Waals surface area contributed by atoms with Gasteiger partial charge >= 0.3 is 0 Å². The number of hydrogen-bond donors (Lipinski definition) is 1. The quantitative estimate of drug-likeness (QED) is 0.209. The molecule has 25 heavy (non-hydrogen) atoms. The molecular weight excluding hydrogens is 425 g/mol. The molecule has 1 fully saturated rings. The molecule has 1 aromatic carbocycles. The first kappa shape index (κ1) is 22.0. The number of ether oxygens (including phenoxy) is 1. The Balaban J connectivity index is 0.00000312. The third kappa shape index (κ3) is 6.98. The molecule has 1 saturated heterocycles. The van der Waals surface area contributed by atoms with Crippen molar-refractivity contribution in [3.05, 3.63) is 48.6 Å². The van der Waals surface area contributed by atoms with E-state index >= 15 is 0 Å². The molecule has 1 aliphatic heterocycles. The van der Waals surface area contributed by atoms with E-state index < -0.39 is 0 Å². The highest BCUT2D eigenvalue weighted by atomic mass is 127. The zero-order valence-corrected chi connectivity index (χ0v) is 17.8. The standard InChI is InChI=1S/C20H31N3O.HI/c1-4-6-10-14-23(3)20(21-5-2)22-16-18-13-15-24-19(18)17-11-8-7-9-12-17;/h4,7-9,11-12,18-19H,1,5-6,10,13-16H2,2-3H3,(H,21,22);1H. The Morgan fingerprint density at radius 2 is 2.16 bits per heavy atom. The highest BCUT2D eigenvalue weighted by Crippen LogP contribution is 2.34. The molecule has 4 nitrogen and oxygen atoms in total. The molecule has 0 spiro atoms. The third-order valence-corrected chi connectivity index (χ3v) is 4.42. The molecule has 1 heterocycles. The maximum atomic E-state index is 5.97. The Morgan fingerprint density at radius 3 is 2.84 bits per heavy atom. The van der Waals surface area contributed by atoms with Crippen LogP contribution >= 0.6 is 24.0 Å². The van der Waals surface area contributed by atoms with Crippen LogP contribution in [0.5, 0.6) is 0 Å². The van der Waals surface area contributed by atoms with Crippen LogP contribution in [0.4, 0.5) is 0 Å². The molecule has 140 valence electrons. The lowest BCUT2D eigenvalue weighted by Gasteiger charge is -2.23. The molecule has 0 aliphatic carbocycles. The first-order valence-electron chi connectivity index (χ1n) is 9.03. The molecular formula is C20H32IN3O. The van der Waals surface area contributed by atoms with Crippen molar-refractivity contribution in [3.8, 4) is 0 Å². The van der Waals surface area contributed by atoms with Gasteiger partial charge in [-0.2, -0.15) is 0 Å². The normalized spacial score (nSPS) is 20.0. The number of unbranched alkanes of at least 4 members (excludes halogenated alkanes) is 1. The zero-order chi connectivity index (χ0) is 17.2. The summed E-state index contributed by atoms with van der Waals surface area (Å²) >= 11 is 0. The number of allylic oxidation sites excluding steroid dienone is 1. The maximum absolute atomic E-state index is 5.97. The largest absolute Gasteiger partial charge is 0.373 e. The van der Waals surface area contributed by atoms with Gasteiger partial charge in [-0.1, -0.05) is 36.4 Å². The van der Waals surface area contributed by atoms with Crippen LogP contribution in [0.1, 0.15) is 37.9 Å². The van der Waals surface area contributed by atoms with Crippen LogP contribution < -0.4 is 5.32 Å². The molecule has 0 bridgehead atoms. The summed E-state index contributed by atoms with van der Waals surface area (Å²) in [6, 6.07) is 10.5. The van der Waals surface area contributed by atoms with Crippen molar-refractivity contribution in [2.24, 2.45) is 10.9 Å². The summed E-state index contributed by atoms with van der Waals surface area (Å²) in [6.07, 6.45) is 5.35. The second-order valence-corrected chi connectivity index (χ2v) is 6.30. The van der Waals surface area contributed by atoms with Crippen LogP contribution in [0.2, 0.25) is 0 Å². The van der Waals surface area contributed by atoms with Gasteiger partial charge in [-0.15, -0.1) is 30.6 Å². The summed E-state index contributed by atoms with van der Waals surface area (Å²) in [5, 5.41) is 3.40. The van der Waals surface area contributed by atoms with E-state index in [-0.39, 0.29) is 30.1 Å². The zero-order valence-electron chi connectivity index (χ0n) is 15.5. The number of aliphatic imine (C=N–C) groups is 1. The maximum Gasteiger partial charge on any atom is 0.193 e. The lowest BCUT2D eigenvalue weighted by Crippen LogP contribution is -2.39. The summed E-state index contributed by atoms with van der Waals surface area (Å²) in [4.78, 5) is 7.08. The predicted octanol–water partition coefficient (Wildman–Crippen LogP) is 4.25. The van der Waals surface area contributed by atoms with Gasteiger partial charge in [-0.05, 0) is 31.7 Å². The van der Waals surface area contributed by atoms with Crippen molar-refractivity contribution in [1.29, 1.82) is 0 Å². The fourth-order valence-corrected chi connectivity index (χ4v) is 3.08. The summed E-state index contributed by atoms with van der Waals surface area (Å²) in [5.74, 6) is 1.43. The van der Waals surface area contributed by atoms with E-state index in [0.29, 0.717) is 5.92 Å². The van der Waals surface area contributed by atoms with Crippen LogP contribution in [0.3, 0.4) is 0 Å². The monoisotopic (exact) mass is 457 g/mol. The van der Waals surface area contributed by atoms with Gasteiger partial charge in [-0.3, -0.25) is 4.99 Å². The highest BCUT2D eigenvalue weighted by molar-refractivity contribution is 14.0. The van der Waals surface area contributed by atoms with E-state index in [4.69, 9.17) is 9.73 Å². The molecule has 0 saturated carbocycles. The third-order valence-electron chi connectivity index (χ3n) is 4.42. The minimum atomic E-state index is 0. The second-order valence-electron chi connectivity index (χ2n) is 6.30. The second kappa shape index (κ2) is 12.3. The fourth-order valence-electron chi connectivity index (χ4n) is 3.08. The summed E-state index contributed by atoms with van der Waals surface area (Å²) < 4.78 is 5.97. The van der Waals surface area contributed by atoms with Crippen LogP contribution in [-0.4, -0.2) is 44.1 Å². The van der Waals surface area contributed by atoms with Gasteiger partial charge in [0.15, 0.2) is 5.96 Å². The molecule has 2 rings (SSSR count). The van der Waals surface area contributed by atoms with E-state index in [2.05, 4.69) is 55.0 Å². The number of guanidine groups is 1. The predicted molar refractivity (Wildman–Crippen MR) is 117 cm³/mol. The molecule has 5 heteroatoms. The van der Waals surface area contributed by atoms with Crippen LogP contribution in [0.25, 0.3) is 0 Å². The number of benzene rings is 1. The first-order valence-corrected chi connectivity index (χ1v) is 9.03. The molecule has 1 N–H and O–H groups in total. The van der Waals surface area contributed by atoms with E-state index in [1.165, 1.54) is 5.56 Å². The number of nitrogens with zero attached hydrogens (tertiary/aromatic N) is 2. The van der Waals surface area contributed by atoms with Gasteiger partial charge in [-0.25, -0.2) is 0 Å². The van der Waals surface area contributed by atoms with Gasteiger partial charge < -0.3 is 15.0 Å². The molecule has 0 aromatic heterocycles. The van der Waals surface area contributed by atoms with E-state index in [1.807, 2.05) is 12.1 Å². The Bertz CT molecular complexity index is 521. The number of halogens is 1. The Labute approximate surface area is 169 Å². The smallest absolute Gasteiger partial charge is 0.193 e. The average molecular weight is 457 g/mol. The Hall–Kier alpha value is -1.08. The molecule has 1 aliphatic rings. The number of rotatable bonds is 8. The van der Waals surface area contributed by atoms with Gasteiger partial charge in [0.05, 0.1) is 6.10 Å². The SMILES string of the molecule is C=CCCCN(C)C(=NCC1CCOC1c1ccccc1)NCC.I. The van der Waals surface area contributed by atoms with Crippen molar-refractivity contribution in [1.82, 2.24) is 10.2 Å². The van der Waals surface area contributed by atoms with Crippen molar-refractivity contribution < 1.29 is 4.74 Å². The van der Waals surface area contributed by atoms with Gasteiger partial charge in [0.2, 0.25) is 0 Å². The van der Waals surface area contributed by atoms with Crippen LogP contribution in [-0.2, 0) is 4.74 Å². The van der Waals surface area contributed by atoms with Crippen molar-refractivity contribution in [2.45, 2.75) is 32.3 Å². The first-order chi connectivity index (χ1) is 11.8. The molecule has 0 amide bonds. The van der Waals surface area contributed by atoms with Gasteiger partial charge in [0.1, 0.15) is 0 Å². The lowest BCUT2D eigenvalue weighted by molar-refractivity contribution is 0.0925. The topological polar surface area (TPSA) is 36.9 Å². The van der Waals surface area contributed by atoms with Gasteiger partial charge in [0.25, 0.3) is 0 Å². The Kier molecular flexibility index (Phi) is 10.8. The van der Waals surface area contributed by atoms with Crippen molar-refractivity contribution in [2.75, 3.05) is 33.3 Å². The highest BCUT2D eigenvalue weighted by Gasteiger charge is 2.29. The van der Waals surface area contributed by atoms with Gasteiger partial charge in [0, 0.05) is 39.2 Å². The average Bonchev–Trinajstić information content (AvgIpc) is 3.08. The summed E-state index contributed by atoms with van der Waals surface area (Å²) in [5.41, 5.74) is 1.26. The summed E-state index contributed by atoms with van der Waals surface area (Å²) in [7, 11) is 2.10. The van der Waals surface area contributed by atoms with E-state index in [9.17, 15) is 0 Å². The molecule has 0 radical (unpaired) electrons. The van der Waals surface area contributed by atoms with Crippen molar-refractivity contribution in [3.63, 3.8) is 0 Å². The Morgan fingerprint density at radius 1 is 1.40 bits per heavy atom.